The predicted molar refractivity (Wildman–Crippen MR) is 143 cm³/mol. The molecule has 1 aliphatic heterocycles. The van der Waals surface area contributed by atoms with E-state index in [0.717, 1.165) is 56.3 Å². The largest absolute Gasteiger partial charge is 0.360 e. The van der Waals surface area contributed by atoms with Crippen LogP contribution in [0.5, 0.6) is 0 Å². The van der Waals surface area contributed by atoms with Crippen molar-refractivity contribution in [3.63, 3.8) is 0 Å². The molecule has 0 saturated heterocycles. The van der Waals surface area contributed by atoms with E-state index in [2.05, 4.69) is 84.7 Å². The normalized spacial score (nSPS) is 12.4. The first-order chi connectivity index (χ1) is 15.2. The lowest BCUT2D eigenvalue weighted by Gasteiger charge is -2.15. The van der Waals surface area contributed by atoms with Gasteiger partial charge in [-0.2, -0.15) is 5.10 Å². The van der Waals surface area contributed by atoms with E-state index in [0.29, 0.717) is 6.73 Å². The van der Waals surface area contributed by atoms with Gasteiger partial charge in [0.25, 0.3) is 0 Å². The fourth-order valence-electron chi connectivity index (χ4n) is 2.94. The summed E-state index contributed by atoms with van der Waals surface area (Å²) in [7, 11) is -1.04. The predicted octanol–water partition coefficient (Wildman–Crippen LogP) is 6.57. The highest BCUT2D eigenvalue weighted by atomic mass is 79.9. The molecule has 0 unspecified atom stereocenters. The fraction of sp³-hybridized carbons (Fsp3) is 0.304. The molecule has 0 fully saturated rings. The first kappa shape index (κ1) is 24.7. The van der Waals surface area contributed by atoms with E-state index in [-0.39, 0.29) is 0 Å². The number of aromatic nitrogens is 4. The van der Waals surface area contributed by atoms with Crippen molar-refractivity contribution in [1.82, 2.24) is 19.7 Å². The van der Waals surface area contributed by atoms with Crippen LogP contribution in [0.2, 0.25) is 25.7 Å². The molecule has 9 heteroatoms. The van der Waals surface area contributed by atoms with Gasteiger partial charge in [0.2, 0.25) is 0 Å². The molecule has 0 bridgehead atoms. The lowest BCUT2D eigenvalue weighted by atomic mass is 10.2. The van der Waals surface area contributed by atoms with Crippen LogP contribution in [0, 0.1) is 0 Å². The quantitative estimate of drug-likeness (QED) is 0.236. The molecule has 0 aromatic carbocycles. The molecular weight excluding hydrogens is 550 g/mol. The van der Waals surface area contributed by atoms with Gasteiger partial charge in [-0.05, 0) is 62.2 Å². The van der Waals surface area contributed by atoms with Crippen LogP contribution in [0.4, 0.5) is 0 Å². The standard InChI is InChI=1S/C14H20BrN3OSi.C9H7BrN2/c1-5-12-11(15)8-14-13(17-12)9-16-18(14)10-19-6-7-20(2,3)4;1-2-8-7(10)3-6-4-11-5-9(6)12-8/h5,8-9H,1,6-7,10H2,2-4H3;2-3,5H,1,4H2. The molecule has 4 heterocycles. The summed E-state index contributed by atoms with van der Waals surface area (Å²) < 4.78 is 9.48. The Balaban J connectivity index is 0.000000204. The number of rotatable bonds is 7. The second-order valence-electron chi connectivity index (χ2n) is 8.53. The molecular formula is C23H27Br2N5OSi. The maximum absolute atomic E-state index is 5.73. The number of hydrogen-bond acceptors (Lipinski definition) is 5. The summed E-state index contributed by atoms with van der Waals surface area (Å²) in [6.07, 6.45) is 7.02. The average Bonchev–Trinajstić information content (AvgIpc) is 3.35. The van der Waals surface area contributed by atoms with Gasteiger partial charge in [-0.1, -0.05) is 32.8 Å². The van der Waals surface area contributed by atoms with Crippen LogP contribution in [0.3, 0.4) is 0 Å². The highest BCUT2D eigenvalue weighted by Gasteiger charge is 2.13. The van der Waals surface area contributed by atoms with Crippen LogP contribution in [-0.4, -0.2) is 40.6 Å². The molecule has 32 heavy (non-hydrogen) atoms. The maximum atomic E-state index is 5.73. The molecule has 0 saturated carbocycles. The summed E-state index contributed by atoms with van der Waals surface area (Å²) in [5.74, 6) is 0. The Kier molecular flexibility index (Phi) is 8.32. The smallest absolute Gasteiger partial charge is 0.140 e. The van der Waals surface area contributed by atoms with Gasteiger partial charge >= 0.3 is 0 Å². The van der Waals surface area contributed by atoms with Crippen molar-refractivity contribution in [3.8, 4) is 0 Å². The zero-order valence-corrected chi connectivity index (χ0v) is 22.8. The second kappa shape index (κ2) is 10.8. The highest BCUT2D eigenvalue weighted by Crippen LogP contribution is 2.23. The Hall–Kier alpha value is -1.94. The van der Waals surface area contributed by atoms with Gasteiger partial charge in [-0.3, -0.25) is 4.99 Å². The van der Waals surface area contributed by atoms with Crippen LogP contribution in [0.1, 0.15) is 22.6 Å². The van der Waals surface area contributed by atoms with E-state index in [4.69, 9.17) is 4.74 Å². The van der Waals surface area contributed by atoms with Gasteiger partial charge in [0.05, 0.1) is 35.3 Å². The topological polar surface area (TPSA) is 65.2 Å². The van der Waals surface area contributed by atoms with Crippen LogP contribution in [0.15, 0.2) is 45.4 Å². The second-order valence-corrected chi connectivity index (χ2v) is 15.9. The van der Waals surface area contributed by atoms with E-state index >= 15 is 0 Å². The molecule has 1 aliphatic rings. The van der Waals surface area contributed by atoms with Crippen molar-refractivity contribution in [3.05, 3.63) is 63.1 Å². The monoisotopic (exact) mass is 575 g/mol. The number of halogens is 2. The number of fused-ring (bicyclic) bond motifs is 2. The Morgan fingerprint density at radius 1 is 1.09 bits per heavy atom. The highest BCUT2D eigenvalue weighted by molar-refractivity contribution is 9.10. The minimum Gasteiger partial charge on any atom is -0.360 e. The van der Waals surface area contributed by atoms with Gasteiger partial charge in [0.1, 0.15) is 12.2 Å². The summed E-state index contributed by atoms with van der Waals surface area (Å²) in [6.45, 7) is 16.5. The third-order valence-electron chi connectivity index (χ3n) is 4.80. The lowest BCUT2D eigenvalue weighted by Crippen LogP contribution is -2.22. The fourth-order valence-corrected chi connectivity index (χ4v) is 4.69. The summed E-state index contributed by atoms with van der Waals surface area (Å²) in [5, 5.41) is 4.33. The minimum absolute atomic E-state index is 0.468. The molecule has 0 radical (unpaired) electrons. The summed E-state index contributed by atoms with van der Waals surface area (Å²) in [4.78, 5) is 13.0. The molecule has 0 N–H and O–H groups in total. The van der Waals surface area contributed by atoms with Gasteiger partial charge in [-0.25, -0.2) is 14.6 Å². The van der Waals surface area contributed by atoms with Crippen molar-refractivity contribution in [2.75, 3.05) is 6.61 Å². The summed E-state index contributed by atoms with van der Waals surface area (Å²) in [5.41, 5.74) is 5.67. The van der Waals surface area contributed by atoms with E-state index in [9.17, 15) is 0 Å². The maximum Gasteiger partial charge on any atom is 0.140 e. The minimum atomic E-state index is -1.04. The van der Waals surface area contributed by atoms with Crippen molar-refractivity contribution in [2.24, 2.45) is 4.99 Å². The molecule has 6 nitrogen and oxygen atoms in total. The Morgan fingerprint density at radius 3 is 2.47 bits per heavy atom. The number of ether oxygens (including phenoxy) is 1. The number of pyridine rings is 2. The lowest BCUT2D eigenvalue weighted by molar-refractivity contribution is 0.0817. The number of hydrogen-bond donors (Lipinski definition) is 0. The van der Waals surface area contributed by atoms with E-state index in [1.54, 1.807) is 24.6 Å². The van der Waals surface area contributed by atoms with E-state index in [1.807, 2.05) is 16.8 Å². The van der Waals surface area contributed by atoms with E-state index in [1.165, 1.54) is 5.56 Å². The number of aliphatic imine (C=N–C) groups is 1. The summed E-state index contributed by atoms with van der Waals surface area (Å²) in [6, 6.07) is 5.22. The molecule has 0 amide bonds. The van der Waals surface area contributed by atoms with Crippen LogP contribution in [0.25, 0.3) is 23.2 Å². The third kappa shape index (κ3) is 6.31. The average molecular weight is 577 g/mol. The van der Waals surface area contributed by atoms with Crippen molar-refractivity contribution in [2.45, 2.75) is 39.0 Å². The van der Waals surface area contributed by atoms with Crippen molar-refractivity contribution >= 4 is 69.3 Å². The Morgan fingerprint density at radius 2 is 1.78 bits per heavy atom. The molecule has 168 valence electrons. The zero-order chi connectivity index (χ0) is 23.3. The molecule has 3 aromatic heterocycles. The van der Waals surface area contributed by atoms with E-state index < -0.39 is 8.07 Å². The molecule has 4 rings (SSSR count). The van der Waals surface area contributed by atoms with Gasteiger partial charge in [0, 0.05) is 35.4 Å². The number of nitrogens with zero attached hydrogens (tertiary/aromatic N) is 5. The molecule has 0 spiro atoms. The molecule has 0 atom stereocenters. The zero-order valence-electron chi connectivity index (χ0n) is 18.6. The first-order valence-electron chi connectivity index (χ1n) is 10.3. The van der Waals surface area contributed by atoms with Gasteiger partial charge < -0.3 is 4.74 Å². The third-order valence-corrected chi connectivity index (χ3v) is 7.77. The van der Waals surface area contributed by atoms with Crippen molar-refractivity contribution in [1.29, 1.82) is 0 Å². The van der Waals surface area contributed by atoms with Crippen molar-refractivity contribution < 1.29 is 4.74 Å². The van der Waals surface area contributed by atoms with Crippen LogP contribution in [-0.2, 0) is 18.0 Å². The van der Waals surface area contributed by atoms with Crippen LogP contribution < -0.4 is 0 Å². The molecule has 3 aromatic rings. The Bertz CT molecular complexity index is 1170. The van der Waals surface area contributed by atoms with Gasteiger partial charge in [-0.15, -0.1) is 0 Å². The van der Waals surface area contributed by atoms with Gasteiger partial charge in [0.15, 0.2) is 0 Å². The molecule has 0 aliphatic carbocycles. The SMILES string of the molecule is C=Cc1nc2c(cc1Br)CN=C2.C=Cc1nc2cnn(COCC[Si](C)(C)C)c2cc1Br. The summed E-state index contributed by atoms with van der Waals surface area (Å²) >= 11 is 6.91. The Labute approximate surface area is 206 Å². The van der Waals surface area contributed by atoms with Crippen LogP contribution >= 0.6 is 31.9 Å². The first-order valence-corrected chi connectivity index (χ1v) is 15.5.